The first-order valence-electron chi connectivity index (χ1n) is 9.14. The smallest absolute Gasteiger partial charge is 0.339 e. The van der Waals surface area contributed by atoms with E-state index >= 15 is 0 Å². The SMILES string of the molecule is O=C(O)c1ccc(-c2ccccc2)c(Oc2ccccc2)c1Oc1ccccc1. The Bertz CT molecular complexity index is 1110. The molecule has 0 aliphatic heterocycles. The second-order valence-corrected chi connectivity index (χ2v) is 6.32. The Labute approximate surface area is 168 Å². The number of para-hydroxylation sites is 2. The second kappa shape index (κ2) is 8.31. The third-order valence-corrected chi connectivity index (χ3v) is 4.35. The Morgan fingerprint density at radius 3 is 1.59 bits per heavy atom. The molecule has 0 atom stereocenters. The average molecular weight is 382 g/mol. The molecule has 4 nitrogen and oxygen atoms in total. The summed E-state index contributed by atoms with van der Waals surface area (Å²) >= 11 is 0. The van der Waals surface area contributed by atoms with Crippen LogP contribution in [0.4, 0.5) is 0 Å². The number of ether oxygens (including phenoxy) is 2. The van der Waals surface area contributed by atoms with E-state index in [9.17, 15) is 9.90 Å². The first-order chi connectivity index (χ1) is 14.2. The molecule has 0 spiro atoms. The summed E-state index contributed by atoms with van der Waals surface area (Å²) in [5, 5.41) is 9.76. The highest BCUT2D eigenvalue weighted by atomic mass is 16.5. The number of carboxylic acids is 1. The lowest BCUT2D eigenvalue weighted by Gasteiger charge is -2.18. The van der Waals surface area contributed by atoms with Gasteiger partial charge in [0.15, 0.2) is 11.5 Å². The lowest BCUT2D eigenvalue weighted by molar-refractivity contribution is 0.0693. The summed E-state index contributed by atoms with van der Waals surface area (Å²) in [6.07, 6.45) is 0. The van der Waals surface area contributed by atoms with Gasteiger partial charge in [0, 0.05) is 5.56 Å². The molecule has 0 aromatic heterocycles. The molecule has 0 fully saturated rings. The molecule has 1 N–H and O–H groups in total. The normalized spacial score (nSPS) is 10.3. The molecule has 29 heavy (non-hydrogen) atoms. The van der Waals surface area contributed by atoms with E-state index in [-0.39, 0.29) is 11.3 Å². The topological polar surface area (TPSA) is 55.8 Å². The minimum atomic E-state index is -1.09. The summed E-state index contributed by atoms with van der Waals surface area (Å²) in [7, 11) is 0. The molecule has 0 heterocycles. The van der Waals surface area contributed by atoms with Gasteiger partial charge < -0.3 is 14.6 Å². The summed E-state index contributed by atoms with van der Waals surface area (Å²) in [6.45, 7) is 0. The Balaban J connectivity index is 1.92. The Morgan fingerprint density at radius 2 is 1.07 bits per heavy atom. The lowest BCUT2D eigenvalue weighted by atomic mass is 10.0. The van der Waals surface area contributed by atoms with Crippen LogP contribution >= 0.6 is 0 Å². The summed E-state index contributed by atoms with van der Waals surface area (Å²) in [5.41, 5.74) is 1.66. The minimum absolute atomic E-state index is 0.0273. The van der Waals surface area contributed by atoms with Gasteiger partial charge in [-0.3, -0.25) is 0 Å². The van der Waals surface area contributed by atoms with Crippen molar-refractivity contribution in [2.75, 3.05) is 0 Å². The summed E-state index contributed by atoms with van der Waals surface area (Å²) in [5.74, 6) is 0.539. The van der Waals surface area contributed by atoms with Crippen LogP contribution in [0.25, 0.3) is 11.1 Å². The molecular weight excluding hydrogens is 364 g/mol. The van der Waals surface area contributed by atoms with Crippen molar-refractivity contribution in [3.63, 3.8) is 0 Å². The third-order valence-electron chi connectivity index (χ3n) is 4.35. The highest BCUT2D eigenvalue weighted by Gasteiger charge is 2.23. The van der Waals surface area contributed by atoms with Crippen molar-refractivity contribution in [3.05, 3.63) is 109 Å². The highest BCUT2D eigenvalue weighted by Crippen LogP contribution is 2.45. The Hall–Kier alpha value is -4.05. The molecule has 4 aromatic carbocycles. The van der Waals surface area contributed by atoms with E-state index in [4.69, 9.17) is 9.47 Å². The summed E-state index contributed by atoms with van der Waals surface area (Å²) < 4.78 is 12.2. The monoisotopic (exact) mass is 382 g/mol. The van der Waals surface area contributed by atoms with Crippen molar-refractivity contribution in [1.82, 2.24) is 0 Å². The number of aromatic carboxylic acids is 1. The minimum Gasteiger partial charge on any atom is -0.478 e. The van der Waals surface area contributed by atoms with Crippen molar-refractivity contribution < 1.29 is 19.4 Å². The zero-order valence-corrected chi connectivity index (χ0v) is 15.5. The van der Waals surface area contributed by atoms with Gasteiger partial charge in [0.25, 0.3) is 0 Å². The van der Waals surface area contributed by atoms with Gasteiger partial charge in [-0.15, -0.1) is 0 Å². The lowest BCUT2D eigenvalue weighted by Crippen LogP contribution is -2.03. The standard InChI is InChI=1S/C25H18O4/c26-25(27)22-17-16-21(18-10-4-1-5-11-18)23(28-19-12-6-2-7-13-19)24(22)29-20-14-8-3-9-15-20/h1-17H,(H,26,27). The van der Waals surface area contributed by atoms with E-state index in [1.807, 2.05) is 78.9 Å². The van der Waals surface area contributed by atoms with Gasteiger partial charge in [0.2, 0.25) is 0 Å². The van der Waals surface area contributed by atoms with E-state index in [0.29, 0.717) is 17.2 Å². The maximum Gasteiger partial charge on any atom is 0.339 e. The van der Waals surface area contributed by atoms with Gasteiger partial charge in [0.1, 0.15) is 17.1 Å². The van der Waals surface area contributed by atoms with Gasteiger partial charge in [-0.2, -0.15) is 0 Å². The van der Waals surface area contributed by atoms with Crippen LogP contribution in [0.5, 0.6) is 23.0 Å². The van der Waals surface area contributed by atoms with Gasteiger partial charge in [-0.1, -0.05) is 66.7 Å². The average Bonchev–Trinajstić information content (AvgIpc) is 2.76. The molecule has 0 bridgehead atoms. The van der Waals surface area contributed by atoms with Crippen molar-refractivity contribution in [2.24, 2.45) is 0 Å². The zero-order chi connectivity index (χ0) is 20.1. The van der Waals surface area contributed by atoms with Gasteiger partial charge >= 0.3 is 5.97 Å². The van der Waals surface area contributed by atoms with E-state index in [2.05, 4.69) is 0 Å². The first kappa shape index (κ1) is 18.3. The molecule has 0 amide bonds. The van der Waals surface area contributed by atoms with E-state index in [1.54, 1.807) is 24.3 Å². The van der Waals surface area contributed by atoms with Gasteiger partial charge in [0.05, 0.1) is 0 Å². The first-order valence-corrected chi connectivity index (χ1v) is 9.14. The maximum atomic E-state index is 11.9. The quantitative estimate of drug-likeness (QED) is 0.406. The van der Waals surface area contributed by atoms with Crippen LogP contribution in [0.1, 0.15) is 10.4 Å². The van der Waals surface area contributed by atoms with Crippen LogP contribution in [-0.2, 0) is 0 Å². The fraction of sp³-hybridized carbons (Fsp3) is 0. The summed E-state index contributed by atoms with van der Waals surface area (Å²) in [6, 6.07) is 31.2. The van der Waals surface area contributed by atoms with Crippen molar-refractivity contribution in [3.8, 4) is 34.1 Å². The number of hydrogen-bond acceptors (Lipinski definition) is 3. The predicted molar refractivity (Wildman–Crippen MR) is 112 cm³/mol. The van der Waals surface area contributed by atoms with Crippen LogP contribution in [0.2, 0.25) is 0 Å². The molecule has 0 radical (unpaired) electrons. The largest absolute Gasteiger partial charge is 0.478 e. The molecule has 0 saturated heterocycles. The molecule has 4 aromatic rings. The Kier molecular flexibility index (Phi) is 5.25. The highest BCUT2D eigenvalue weighted by molar-refractivity contribution is 5.94. The number of rotatable bonds is 6. The van der Waals surface area contributed by atoms with E-state index < -0.39 is 5.97 Å². The zero-order valence-electron chi connectivity index (χ0n) is 15.5. The number of carbonyl (C=O) groups is 1. The fourth-order valence-electron chi connectivity index (χ4n) is 2.99. The number of carboxylic acid groups (broad SMARTS) is 1. The molecule has 4 heteroatoms. The van der Waals surface area contributed by atoms with E-state index in [1.165, 1.54) is 0 Å². The van der Waals surface area contributed by atoms with Gasteiger partial charge in [-0.05, 0) is 42.0 Å². The predicted octanol–water partition coefficient (Wildman–Crippen LogP) is 6.64. The molecule has 0 aliphatic carbocycles. The van der Waals surface area contributed by atoms with E-state index in [0.717, 1.165) is 11.1 Å². The molecule has 0 aliphatic rings. The van der Waals surface area contributed by atoms with Crippen molar-refractivity contribution in [1.29, 1.82) is 0 Å². The maximum absolute atomic E-state index is 11.9. The molecular formula is C25H18O4. The van der Waals surface area contributed by atoms with Crippen LogP contribution in [0.15, 0.2) is 103 Å². The van der Waals surface area contributed by atoms with Crippen molar-refractivity contribution in [2.45, 2.75) is 0 Å². The number of benzene rings is 4. The van der Waals surface area contributed by atoms with Gasteiger partial charge in [-0.25, -0.2) is 4.79 Å². The fourth-order valence-corrected chi connectivity index (χ4v) is 2.99. The van der Waals surface area contributed by atoms with Crippen LogP contribution in [-0.4, -0.2) is 11.1 Å². The third kappa shape index (κ3) is 4.12. The molecule has 0 unspecified atom stereocenters. The molecule has 142 valence electrons. The van der Waals surface area contributed by atoms with Crippen LogP contribution < -0.4 is 9.47 Å². The number of hydrogen-bond donors (Lipinski definition) is 1. The molecule has 4 rings (SSSR count). The van der Waals surface area contributed by atoms with Crippen LogP contribution in [0.3, 0.4) is 0 Å². The summed E-state index contributed by atoms with van der Waals surface area (Å²) in [4.78, 5) is 11.9. The van der Waals surface area contributed by atoms with Crippen molar-refractivity contribution >= 4 is 5.97 Å². The van der Waals surface area contributed by atoms with Crippen LogP contribution in [0, 0.1) is 0 Å². The molecule has 0 saturated carbocycles. The Morgan fingerprint density at radius 1 is 0.586 bits per heavy atom. The second-order valence-electron chi connectivity index (χ2n) is 6.32.